The lowest BCUT2D eigenvalue weighted by Gasteiger charge is -2.28. The van der Waals surface area contributed by atoms with Crippen LogP contribution in [0, 0.1) is 17.3 Å². The molecule has 0 bridgehead atoms. The van der Waals surface area contributed by atoms with Crippen molar-refractivity contribution in [2.75, 3.05) is 20.2 Å². The second-order valence-electron chi connectivity index (χ2n) is 12.0. The number of amides is 4. The van der Waals surface area contributed by atoms with Crippen molar-refractivity contribution in [3.05, 3.63) is 30.0 Å². The number of carbonyl (C=O) groups is 5. The zero-order chi connectivity index (χ0) is 29.8. The van der Waals surface area contributed by atoms with Crippen molar-refractivity contribution in [2.24, 2.45) is 17.3 Å². The van der Waals surface area contributed by atoms with E-state index in [1.165, 1.54) is 12.0 Å². The van der Waals surface area contributed by atoms with Gasteiger partial charge in [0.1, 0.15) is 23.5 Å². The van der Waals surface area contributed by atoms with E-state index < -0.39 is 59.3 Å². The summed E-state index contributed by atoms with van der Waals surface area (Å²) in [7, 11) is 1.49. The van der Waals surface area contributed by atoms with Gasteiger partial charge < -0.3 is 30.6 Å². The lowest BCUT2D eigenvalue weighted by atomic mass is 9.85. The lowest BCUT2D eigenvalue weighted by molar-refractivity contribution is -0.145. The molecule has 4 N–H and O–H groups in total. The van der Waals surface area contributed by atoms with Gasteiger partial charge in [-0.3, -0.25) is 24.0 Å². The number of nitrogens with zero attached hydrogens (tertiary/aromatic N) is 1. The largest absolute Gasteiger partial charge is 0.496 e. The number of aromatic nitrogens is 1. The van der Waals surface area contributed by atoms with Crippen LogP contribution in [0.25, 0.3) is 10.9 Å². The number of Topliss-reactive ketones (excluding diaryl/α,β-unsaturated/α-hetero) is 1. The first-order chi connectivity index (χ1) is 20.0. The quantitative estimate of drug-likeness (QED) is 0.261. The van der Waals surface area contributed by atoms with Crippen molar-refractivity contribution in [3.63, 3.8) is 0 Å². The molecule has 2 aliphatic heterocycles. The molecule has 1 aromatic carbocycles. The summed E-state index contributed by atoms with van der Waals surface area (Å²) in [5, 5.41) is 8.58. The van der Waals surface area contributed by atoms with Gasteiger partial charge in [0.25, 0.3) is 17.7 Å². The van der Waals surface area contributed by atoms with Gasteiger partial charge in [0.2, 0.25) is 17.6 Å². The fraction of sp³-hybridized carbons (Fsp3) is 0.552. The monoisotopic (exact) mass is 585 g/mol. The van der Waals surface area contributed by atoms with E-state index in [2.05, 4.69) is 20.9 Å². The van der Waals surface area contributed by atoms with Crippen molar-refractivity contribution in [3.8, 4) is 5.75 Å². The highest BCUT2D eigenvalue weighted by Gasteiger charge is 2.75. The van der Waals surface area contributed by atoms with Crippen molar-refractivity contribution in [2.45, 2.75) is 63.1 Å². The van der Waals surface area contributed by atoms with Gasteiger partial charge in [-0.2, -0.15) is 0 Å². The SMILES string of the molecule is COc1cccc2[nH]c(C(=O)N3C[C@]4(C[C@H]3NC(=O)C(C[C@@H]3CCCNC3=O)C(=O)C(=O)NC3CC3)CC4(F)F)cc12. The Morgan fingerprint density at radius 1 is 1.17 bits per heavy atom. The maximum absolute atomic E-state index is 14.6. The van der Waals surface area contributed by atoms with E-state index in [9.17, 15) is 32.8 Å². The van der Waals surface area contributed by atoms with Gasteiger partial charge in [-0.25, -0.2) is 8.78 Å². The van der Waals surface area contributed by atoms with Gasteiger partial charge in [-0.15, -0.1) is 0 Å². The number of aromatic amines is 1. The number of rotatable bonds is 9. The summed E-state index contributed by atoms with van der Waals surface area (Å²) in [6, 6.07) is 6.66. The molecule has 0 radical (unpaired) electrons. The van der Waals surface area contributed by atoms with E-state index >= 15 is 0 Å². The Bertz CT molecular complexity index is 1470. The van der Waals surface area contributed by atoms with Gasteiger partial charge in [0.15, 0.2) is 0 Å². The van der Waals surface area contributed by atoms with Crippen LogP contribution < -0.4 is 20.7 Å². The fourth-order valence-corrected chi connectivity index (χ4v) is 6.26. The summed E-state index contributed by atoms with van der Waals surface area (Å²) < 4.78 is 34.5. The van der Waals surface area contributed by atoms with E-state index in [1.807, 2.05) is 0 Å². The molecule has 2 saturated heterocycles. The number of benzene rings is 1. The number of hydrogen-bond acceptors (Lipinski definition) is 6. The first-order valence-electron chi connectivity index (χ1n) is 14.3. The number of ketones is 1. The summed E-state index contributed by atoms with van der Waals surface area (Å²) in [6.07, 6.45) is 0.592. The number of likely N-dealkylation sites (tertiary alicyclic amines) is 1. The standard InChI is InChI=1S/C29H33F2N5O6/c1-42-21-6-2-5-19-17(21)11-20(34-19)27(41)36-14-28(13-29(28,30)31)12-22(36)35-25(39)18(10-15-4-3-9-32-24(15)38)23(37)26(40)33-16-7-8-16/h2,5-6,11,15-16,18,22,34H,3-4,7-10,12-14H2,1H3,(H,32,38)(H,33,40)(H,35,39)/t15-,18?,22-,28-/m0/s1. The summed E-state index contributed by atoms with van der Waals surface area (Å²) in [5.41, 5.74) is -0.747. The Morgan fingerprint density at radius 2 is 1.93 bits per heavy atom. The summed E-state index contributed by atoms with van der Waals surface area (Å²) >= 11 is 0. The molecule has 1 spiro atoms. The highest BCUT2D eigenvalue weighted by atomic mass is 19.3. The minimum atomic E-state index is -3.01. The molecule has 11 nitrogen and oxygen atoms in total. The molecule has 1 aromatic heterocycles. The molecular weight excluding hydrogens is 552 g/mol. The van der Waals surface area contributed by atoms with Crippen molar-refractivity contribution < 1.29 is 37.5 Å². The van der Waals surface area contributed by atoms with Crippen molar-refractivity contribution >= 4 is 40.3 Å². The molecule has 42 heavy (non-hydrogen) atoms. The Hall–Kier alpha value is -4.03. The molecule has 6 rings (SSSR count). The first kappa shape index (κ1) is 28.1. The minimum absolute atomic E-state index is 0.127. The average Bonchev–Trinajstić information content (AvgIpc) is 3.74. The van der Waals surface area contributed by atoms with Crippen LogP contribution in [0.1, 0.15) is 55.4 Å². The number of H-pyrrole nitrogens is 1. The summed E-state index contributed by atoms with van der Waals surface area (Å²) in [4.78, 5) is 69.9. The third-order valence-corrected chi connectivity index (χ3v) is 8.98. The normalized spacial score (nSPS) is 26.9. The molecule has 4 atom stereocenters. The second-order valence-corrected chi connectivity index (χ2v) is 12.0. The highest BCUT2D eigenvalue weighted by molar-refractivity contribution is 6.40. The zero-order valence-electron chi connectivity index (χ0n) is 23.1. The Morgan fingerprint density at radius 3 is 2.60 bits per heavy atom. The zero-order valence-corrected chi connectivity index (χ0v) is 23.1. The highest BCUT2D eigenvalue weighted by Crippen LogP contribution is 2.66. The van der Waals surface area contributed by atoms with Crippen LogP contribution in [0.5, 0.6) is 5.75 Å². The predicted molar refractivity (Wildman–Crippen MR) is 144 cm³/mol. The van der Waals surface area contributed by atoms with Crippen molar-refractivity contribution in [1.29, 1.82) is 0 Å². The molecule has 2 aromatic rings. The van der Waals surface area contributed by atoms with Crippen LogP contribution in [-0.4, -0.2) is 77.6 Å². The Balaban J connectivity index is 1.26. The van der Waals surface area contributed by atoms with Crippen LogP contribution in [0.2, 0.25) is 0 Å². The molecule has 1 unspecified atom stereocenters. The second kappa shape index (κ2) is 10.4. The number of alkyl halides is 2. The van der Waals surface area contributed by atoms with E-state index in [1.54, 1.807) is 24.3 Å². The van der Waals surface area contributed by atoms with E-state index in [-0.39, 0.29) is 37.0 Å². The number of carbonyl (C=O) groups excluding carboxylic acids is 5. The maximum Gasteiger partial charge on any atom is 0.288 e. The third-order valence-electron chi connectivity index (χ3n) is 8.98. The average molecular weight is 586 g/mol. The van der Waals surface area contributed by atoms with Crippen LogP contribution in [-0.2, 0) is 19.2 Å². The molecule has 4 amide bonds. The van der Waals surface area contributed by atoms with Gasteiger partial charge in [-0.1, -0.05) is 6.07 Å². The van der Waals surface area contributed by atoms with E-state index in [4.69, 9.17) is 4.74 Å². The van der Waals surface area contributed by atoms with Crippen LogP contribution >= 0.6 is 0 Å². The molecule has 4 fully saturated rings. The number of hydrogen-bond donors (Lipinski definition) is 4. The summed E-state index contributed by atoms with van der Waals surface area (Å²) in [6.45, 7) is 0.194. The van der Waals surface area contributed by atoms with Crippen molar-refractivity contribution in [1.82, 2.24) is 25.8 Å². The first-order valence-corrected chi connectivity index (χ1v) is 14.3. The number of ether oxygens (including phenoxy) is 1. The smallest absolute Gasteiger partial charge is 0.288 e. The van der Waals surface area contributed by atoms with E-state index in [0.717, 1.165) is 12.8 Å². The van der Waals surface area contributed by atoms with Gasteiger partial charge in [0.05, 0.1) is 12.5 Å². The molecule has 4 aliphatic rings. The number of fused-ring (bicyclic) bond motifs is 1. The summed E-state index contributed by atoms with van der Waals surface area (Å²) in [5.74, 6) is -8.32. The molecular formula is C29H33F2N5O6. The Labute approximate surface area is 240 Å². The molecule has 3 heterocycles. The van der Waals surface area contributed by atoms with E-state index in [0.29, 0.717) is 36.0 Å². The molecule has 2 aliphatic carbocycles. The van der Waals surface area contributed by atoms with Crippen LogP contribution in [0.15, 0.2) is 24.3 Å². The maximum atomic E-state index is 14.6. The lowest BCUT2D eigenvalue weighted by Crippen LogP contribution is -2.52. The fourth-order valence-electron chi connectivity index (χ4n) is 6.26. The number of halogens is 2. The molecule has 13 heteroatoms. The molecule has 2 saturated carbocycles. The van der Waals surface area contributed by atoms with Gasteiger partial charge in [0, 0.05) is 42.4 Å². The van der Waals surface area contributed by atoms with Crippen LogP contribution in [0.4, 0.5) is 8.78 Å². The number of nitrogens with one attached hydrogen (secondary N) is 4. The van der Waals surface area contributed by atoms with Gasteiger partial charge >= 0.3 is 0 Å². The Kier molecular flexibility index (Phi) is 6.93. The van der Waals surface area contributed by atoms with Gasteiger partial charge in [-0.05, 0) is 56.7 Å². The number of piperidine rings is 1. The van der Waals surface area contributed by atoms with Crippen LogP contribution in [0.3, 0.4) is 0 Å². The number of methoxy groups -OCH3 is 1. The topological polar surface area (TPSA) is 150 Å². The third kappa shape index (κ3) is 5.09. The minimum Gasteiger partial charge on any atom is -0.496 e. The predicted octanol–water partition coefficient (Wildman–Crippen LogP) is 1.87. The molecule has 224 valence electrons.